The molecule has 0 amide bonds. The normalized spacial score (nSPS) is 12.3. The van der Waals surface area contributed by atoms with Crippen molar-refractivity contribution in [2.24, 2.45) is 5.92 Å². The van der Waals surface area contributed by atoms with Crippen LogP contribution in [0.15, 0.2) is 0 Å². The van der Waals surface area contributed by atoms with Gasteiger partial charge < -0.3 is 6.92 Å². The van der Waals surface area contributed by atoms with Gasteiger partial charge in [-0.15, -0.1) is 0 Å². The molecule has 0 spiro atoms. The van der Waals surface area contributed by atoms with E-state index in [1.807, 2.05) is 0 Å². The molecule has 0 fully saturated rings. The van der Waals surface area contributed by atoms with Crippen LogP contribution < -0.4 is 0 Å². The Morgan fingerprint density at radius 1 is 1.33 bits per heavy atom. The molecule has 0 saturated heterocycles. The van der Waals surface area contributed by atoms with Crippen molar-refractivity contribution in [3.63, 3.8) is 0 Å². The van der Waals surface area contributed by atoms with E-state index in [1.165, 1.54) is 25.7 Å². The van der Waals surface area contributed by atoms with Gasteiger partial charge in [-0.05, 0) is 0 Å². The second-order valence-corrected chi connectivity index (χ2v) is 2.42. The van der Waals surface area contributed by atoms with Gasteiger partial charge in [0.05, 0.1) is 0 Å². The SMILES string of the molecule is [CH2-]C(CC)CCCC.[Mo]. The van der Waals surface area contributed by atoms with E-state index < -0.39 is 0 Å². The first-order chi connectivity index (χ1) is 3.81. The van der Waals surface area contributed by atoms with E-state index in [9.17, 15) is 0 Å². The second kappa shape index (κ2) is 8.69. The largest absolute Gasteiger partial charge is 0.340 e. The Morgan fingerprint density at radius 3 is 2.22 bits per heavy atom. The molecule has 0 radical (unpaired) electrons. The van der Waals surface area contributed by atoms with Gasteiger partial charge in [0, 0.05) is 21.1 Å². The predicted octanol–water partition coefficient (Wildman–Crippen LogP) is 3.03. The van der Waals surface area contributed by atoms with E-state index in [2.05, 4.69) is 20.8 Å². The third-order valence-corrected chi connectivity index (χ3v) is 1.54. The fraction of sp³-hybridized carbons (Fsp3) is 0.875. The van der Waals surface area contributed by atoms with Crippen LogP contribution in [0.5, 0.6) is 0 Å². The molecule has 56 valence electrons. The van der Waals surface area contributed by atoms with Crippen LogP contribution in [-0.4, -0.2) is 0 Å². The van der Waals surface area contributed by atoms with Crippen LogP contribution in [-0.2, 0) is 21.1 Å². The van der Waals surface area contributed by atoms with Crippen molar-refractivity contribution in [1.82, 2.24) is 0 Å². The number of hydrogen-bond donors (Lipinski definition) is 0. The molecule has 1 heteroatoms. The van der Waals surface area contributed by atoms with Gasteiger partial charge in [0.25, 0.3) is 0 Å². The third kappa shape index (κ3) is 8.69. The quantitative estimate of drug-likeness (QED) is 0.493. The Labute approximate surface area is 73.7 Å². The van der Waals surface area contributed by atoms with E-state index in [1.54, 1.807) is 0 Å². The smallest absolute Gasteiger partial charge is 0 e. The molecule has 0 saturated carbocycles. The number of unbranched alkanes of at least 4 members (excludes halogenated alkanes) is 1. The van der Waals surface area contributed by atoms with Crippen molar-refractivity contribution in [2.45, 2.75) is 39.5 Å². The first kappa shape index (κ1) is 12.4. The van der Waals surface area contributed by atoms with Gasteiger partial charge in [-0.1, -0.05) is 39.5 Å². The zero-order chi connectivity index (χ0) is 6.41. The molecular formula is C8H17Mo-. The maximum absolute atomic E-state index is 3.99. The van der Waals surface area contributed by atoms with Gasteiger partial charge in [0.15, 0.2) is 0 Å². The average Bonchev–Trinajstić information content (AvgIpc) is 1.83. The molecule has 1 atom stereocenters. The van der Waals surface area contributed by atoms with Crippen LogP contribution in [0, 0.1) is 12.8 Å². The topological polar surface area (TPSA) is 0 Å². The molecule has 0 N–H and O–H groups in total. The van der Waals surface area contributed by atoms with Crippen LogP contribution in [0.25, 0.3) is 0 Å². The van der Waals surface area contributed by atoms with Gasteiger partial charge in [-0.3, -0.25) is 0 Å². The van der Waals surface area contributed by atoms with Crippen LogP contribution in [0.3, 0.4) is 0 Å². The molecular weight excluding hydrogens is 192 g/mol. The Balaban J connectivity index is 0. The summed E-state index contributed by atoms with van der Waals surface area (Å²) in [6.45, 7) is 8.42. The summed E-state index contributed by atoms with van der Waals surface area (Å²) in [4.78, 5) is 0. The number of hydrogen-bond acceptors (Lipinski definition) is 0. The van der Waals surface area contributed by atoms with Gasteiger partial charge in [-0.2, -0.15) is 5.92 Å². The van der Waals surface area contributed by atoms with E-state index in [-0.39, 0.29) is 21.1 Å². The van der Waals surface area contributed by atoms with Gasteiger partial charge in [0.1, 0.15) is 0 Å². The summed E-state index contributed by atoms with van der Waals surface area (Å²) in [7, 11) is 0. The minimum atomic E-state index is 0. The van der Waals surface area contributed by atoms with Crippen molar-refractivity contribution in [1.29, 1.82) is 0 Å². The van der Waals surface area contributed by atoms with Crippen LogP contribution in [0.1, 0.15) is 39.5 Å². The molecule has 0 rings (SSSR count). The first-order valence-electron chi connectivity index (χ1n) is 3.64. The summed E-state index contributed by atoms with van der Waals surface area (Å²) >= 11 is 0. The summed E-state index contributed by atoms with van der Waals surface area (Å²) in [5, 5.41) is 0. The molecule has 0 aliphatic rings. The van der Waals surface area contributed by atoms with E-state index >= 15 is 0 Å². The fourth-order valence-electron chi connectivity index (χ4n) is 0.697. The molecule has 0 aliphatic heterocycles. The maximum Gasteiger partial charge on any atom is 0 e. The molecule has 0 heterocycles. The molecule has 0 aliphatic carbocycles. The molecule has 9 heavy (non-hydrogen) atoms. The summed E-state index contributed by atoms with van der Waals surface area (Å²) in [5.74, 6) is 0.704. The Hall–Kier alpha value is 0.688. The third-order valence-electron chi connectivity index (χ3n) is 1.54. The van der Waals surface area contributed by atoms with Crippen molar-refractivity contribution in [3.05, 3.63) is 6.92 Å². The summed E-state index contributed by atoms with van der Waals surface area (Å²) in [6, 6.07) is 0. The Morgan fingerprint density at radius 2 is 1.89 bits per heavy atom. The van der Waals surface area contributed by atoms with E-state index in [0.717, 1.165) is 0 Å². The predicted molar refractivity (Wildman–Crippen MR) is 38.7 cm³/mol. The van der Waals surface area contributed by atoms with Crippen molar-refractivity contribution < 1.29 is 21.1 Å². The van der Waals surface area contributed by atoms with Gasteiger partial charge in [-0.25, -0.2) is 0 Å². The molecule has 1 unspecified atom stereocenters. The van der Waals surface area contributed by atoms with Gasteiger partial charge in [0.2, 0.25) is 0 Å². The molecule has 0 aromatic carbocycles. The number of rotatable bonds is 4. The first-order valence-corrected chi connectivity index (χ1v) is 3.64. The average molecular weight is 209 g/mol. The molecule has 0 bridgehead atoms. The zero-order valence-corrected chi connectivity index (χ0v) is 8.53. The zero-order valence-electron chi connectivity index (χ0n) is 6.52. The van der Waals surface area contributed by atoms with E-state index in [4.69, 9.17) is 0 Å². The monoisotopic (exact) mass is 211 g/mol. The molecule has 0 aromatic heterocycles. The Kier molecular flexibility index (Phi) is 11.9. The van der Waals surface area contributed by atoms with E-state index in [0.29, 0.717) is 5.92 Å². The van der Waals surface area contributed by atoms with Crippen LogP contribution in [0.2, 0.25) is 0 Å². The van der Waals surface area contributed by atoms with Crippen molar-refractivity contribution >= 4 is 0 Å². The Bertz CT molecular complexity index is 43.8. The minimum Gasteiger partial charge on any atom is -0.340 e. The van der Waals surface area contributed by atoms with Crippen LogP contribution >= 0.6 is 0 Å². The second-order valence-electron chi connectivity index (χ2n) is 2.42. The standard InChI is InChI=1S/C8H17.Mo/c1-4-6-7-8(3)5-2;/h8H,3-7H2,1-2H3;/q-1;. The van der Waals surface area contributed by atoms with Crippen molar-refractivity contribution in [3.8, 4) is 0 Å². The van der Waals surface area contributed by atoms with Crippen LogP contribution in [0.4, 0.5) is 0 Å². The fourth-order valence-corrected chi connectivity index (χ4v) is 0.697. The molecule has 0 nitrogen and oxygen atoms in total. The molecule has 0 aromatic rings. The van der Waals surface area contributed by atoms with Crippen molar-refractivity contribution in [2.75, 3.05) is 0 Å². The van der Waals surface area contributed by atoms with Gasteiger partial charge >= 0.3 is 0 Å². The summed E-state index contributed by atoms with van der Waals surface area (Å²) in [5.41, 5.74) is 0. The summed E-state index contributed by atoms with van der Waals surface area (Å²) in [6.07, 6.45) is 5.21. The minimum absolute atomic E-state index is 0. The summed E-state index contributed by atoms with van der Waals surface area (Å²) < 4.78 is 0. The maximum atomic E-state index is 3.99.